The highest BCUT2D eigenvalue weighted by Crippen LogP contribution is 2.08. The lowest BCUT2D eigenvalue weighted by Crippen LogP contribution is -2.40. The van der Waals surface area contributed by atoms with E-state index in [4.69, 9.17) is 0 Å². The first-order valence-electron chi connectivity index (χ1n) is 3.29. The number of thiophene rings is 1. The molecule has 0 aromatic carbocycles. The van der Waals surface area contributed by atoms with Crippen molar-refractivity contribution in [2.24, 2.45) is 0 Å². The second-order valence-electron chi connectivity index (χ2n) is 2.99. The van der Waals surface area contributed by atoms with Gasteiger partial charge < -0.3 is 4.80 Å². The monoisotopic (exact) mass is 172 g/mol. The van der Waals surface area contributed by atoms with Crippen LogP contribution in [0.2, 0.25) is 13.1 Å². The first kappa shape index (κ1) is 7.98. The van der Waals surface area contributed by atoms with Crippen LogP contribution in [0.4, 0.5) is 0 Å². The lowest BCUT2D eigenvalue weighted by atomic mass is 10.4. The molecular formula is C7H12OSSi. The molecule has 0 amide bonds. The van der Waals surface area contributed by atoms with E-state index in [1.807, 2.05) is 18.5 Å². The van der Waals surface area contributed by atoms with Gasteiger partial charge in [-0.25, -0.2) is 0 Å². The first-order valence-corrected chi connectivity index (χ1v) is 7.11. The van der Waals surface area contributed by atoms with Crippen molar-refractivity contribution in [1.82, 2.24) is 0 Å². The predicted octanol–water partition coefficient (Wildman–Crippen LogP) is 1.46. The fourth-order valence-electron chi connectivity index (χ4n) is 0.999. The van der Waals surface area contributed by atoms with Gasteiger partial charge in [0.15, 0.2) is 0 Å². The second kappa shape index (κ2) is 2.49. The molecule has 1 aromatic heterocycles. The number of aryl methyl sites for hydroxylation is 1. The Morgan fingerprint density at radius 2 is 2.10 bits per heavy atom. The molecule has 1 N–H and O–H groups in total. The van der Waals surface area contributed by atoms with Gasteiger partial charge in [0.1, 0.15) is 0 Å². The van der Waals surface area contributed by atoms with Crippen molar-refractivity contribution in [3.8, 4) is 0 Å². The Balaban J connectivity index is 3.05. The number of hydrogen-bond donors (Lipinski definition) is 1. The summed E-state index contributed by atoms with van der Waals surface area (Å²) in [5.74, 6) is 0. The zero-order valence-electron chi connectivity index (χ0n) is 6.51. The van der Waals surface area contributed by atoms with Crippen LogP contribution in [-0.4, -0.2) is 13.1 Å². The quantitative estimate of drug-likeness (QED) is 0.636. The van der Waals surface area contributed by atoms with E-state index in [2.05, 4.69) is 13.0 Å². The minimum Gasteiger partial charge on any atom is -0.427 e. The third kappa shape index (κ3) is 1.48. The maximum Gasteiger partial charge on any atom is 0.224 e. The fourth-order valence-corrected chi connectivity index (χ4v) is 4.07. The third-order valence-electron chi connectivity index (χ3n) is 1.42. The Labute approximate surface area is 66.5 Å². The van der Waals surface area contributed by atoms with Crippen LogP contribution in [0.3, 0.4) is 0 Å². The summed E-state index contributed by atoms with van der Waals surface area (Å²) in [6, 6.07) is 2.06. The summed E-state index contributed by atoms with van der Waals surface area (Å²) in [6.07, 6.45) is 0. The molecule has 0 fully saturated rings. The molecule has 3 heteroatoms. The number of rotatable bonds is 1. The van der Waals surface area contributed by atoms with Crippen LogP contribution in [0.5, 0.6) is 0 Å². The summed E-state index contributed by atoms with van der Waals surface area (Å²) in [4.78, 5) is 9.71. The van der Waals surface area contributed by atoms with Crippen molar-refractivity contribution < 1.29 is 4.80 Å². The Morgan fingerprint density at radius 3 is 2.30 bits per heavy atom. The lowest BCUT2D eigenvalue weighted by molar-refractivity contribution is 0.569. The van der Waals surface area contributed by atoms with Gasteiger partial charge >= 0.3 is 0 Å². The van der Waals surface area contributed by atoms with E-state index in [9.17, 15) is 4.80 Å². The number of hydrogen-bond acceptors (Lipinski definition) is 2. The highest BCUT2D eigenvalue weighted by atomic mass is 32.1. The fraction of sp³-hybridized carbons (Fsp3) is 0.429. The zero-order chi connectivity index (χ0) is 7.78. The van der Waals surface area contributed by atoms with Crippen molar-refractivity contribution >= 4 is 24.2 Å². The molecule has 0 saturated carbocycles. The van der Waals surface area contributed by atoms with Crippen molar-refractivity contribution in [1.29, 1.82) is 0 Å². The van der Waals surface area contributed by atoms with E-state index < -0.39 is 8.32 Å². The molecule has 1 rings (SSSR count). The van der Waals surface area contributed by atoms with Gasteiger partial charge in [0, 0.05) is 4.50 Å². The van der Waals surface area contributed by atoms with E-state index >= 15 is 0 Å². The smallest absolute Gasteiger partial charge is 0.224 e. The largest absolute Gasteiger partial charge is 0.427 e. The minimum atomic E-state index is -2.01. The van der Waals surface area contributed by atoms with Crippen molar-refractivity contribution in [2.75, 3.05) is 0 Å². The maximum absolute atomic E-state index is 9.71. The Hall–Kier alpha value is -0.123. The second-order valence-corrected chi connectivity index (χ2v) is 7.89. The van der Waals surface area contributed by atoms with E-state index in [0.29, 0.717) is 0 Å². The molecular weight excluding hydrogens is 160 g/mol. The average molecular weight is 172 g/mol. The summed E-state index contributed by atoms with van der Waals surface area (Å²) in [6.45, 7) is 5.95. The molecule has 56 valence electrons. The Morgan fingerprint density at radius 1 is 1.50 bits per heavy atom. The first-order chi connectivity index (χ1) is 4.52. The van der Waals surface area contributed by atoms with Gasteiger partial charge in [0.2, 0.25) is 8.32 Å². The molecule has 0 saturated heterocycles. The van der Waals surface area contributed by atoms with Gasteiger partial charge in [-0.2, -0.15) is 11.3 Å². The minimum absolute atomic E-state index is 1.20. The van der Waals surface area contributed by atoms with Crippen LogP contribution >= 0.6 is 11.3 Å². The molecule has 0 unspecified atom stereocenters. The van der Waals surface area contributed by atoms with Gasteiger partial charge in [-0.1, -0.05) is 0 Å². The van der Waals surface area contributed by atoms with Gasteiger partial charge in [-0.3, -0.25) is 0 Å². The van der Waals surface area contributed by atoms with Crippen molar-refractivity contribution in [2.45, 2.75) is 20.0 Å². The van der Waals surface area contributed by atoms with E-state index in [-0.39, 0.29) is 0 Å². The Kier molecular flexibility index (Phi) is 1.99. The highest BCUT2D eigenvalue weighted by molar-refractivity contribution is 7.24. The van der Waals surface area contributed by atoms with E-state index in [0.717, 1.165) is 0 Å². The van der Waals surface area contributed by atoms with Crippen LogP contribution in [0, 0.1) is 6.92 Å². The highest BCUT2D eigenvalue weighted by Gasteiger charge is 2.23. The SMILES string of the molecule is Cc1ccsc1[Si](C)(C)O. The zero-order valence-corrected chi connectivity index (χ0v) is 8.33. The van der Waals surface area contributed by atoms with Crippen LogP contribution in [0.15, 0.2) is 11.4 Å². The normalized spacial score (nSPS) is 12.0. The van der Waals surface area contributed by atoms with Gasteiger partial charge in [-0.05, 0) is 37.0 Å². The molecule has 1 nitrogen and oxygen atoms in total. The summed E-state index contributed by atoms with van der Waals surface area (Å²) in [7, 11) is -2.01. The van der Waals surface area contributed by atoms with Crippen LogP contribution in [0.25, 0.3) is 0 Å². The molecule has 0 atom stereocenters. The summed E-state index contributed by atoms with van der Waals surface area (Å²) in [5, 5.41) is 2.04. The molecule has 0 bridgehead atoms. The maximum atomic E-state index is 9.71. The van der Waals surface area contributed by atoms with E-state index in [1.165, 1.54) is 10.1 Å². The topological polar surface area (TPSA) is 20.2 Å². The third-order valence-corrected chi connectivity index (χ3v) is 5.61. The molecule has 1 aromatic rings. The van der Waals surface area contributed by atoms with Crippen LogP contribution < -0.4 is 4.50 Å². The van der Waals surface area contributed by atoms with E-state index in [1.54, 1.807) is 11.3 Å². The summed E-state index contributed by atoms with van der Waals surface area (Å²) < 4.78 is 1.20. The summed E-state index contributed by atoms with van der Waals surface area (Å²) in [5.41, 5.74) is 1.24. The molecule has 1 heterocycles. The lowest BCUT2D eigenvalue weighted by Gasteiger charge is -2.12. The van der Waals surface area contributed by atoms with Gasteiger partial charge in [0.25, 0.3) is 0 Å². The van der Waals surface area contributed by atoms with Crippen LogP contribution in [-0.2, 0) is 0 Å². The van der Waals surface area contributed by atoms with Crippen molar-refractivity contribution in [3.63, 3.8) is 0 Å². The van der Waals surface area contributed by atoms with Gasteiger partial charge in [-0.15, -0.1) is 0 Å². The average Bonchev–Trinajstić information content (AvgIpc) is 2.11. The van der Waals surface area contributed by atoms with Gasteiger partial charge in [0.05, 0.1) is 0 Å². The van der Waals surface area contributed by atoms with Crippen LogP contribution in [0.1, 0.15) is 5.56 Å². The molecule has 0 spiro atoms. The molecule has 0 aliphatic rings. The molecule has 0 radical (unpaired) electrons. The Bertz CT molecular complexity index is 224. The van der Waals surface area contributed by atoms with Crippen molar-refractivity contribution in [3.05, 3.63) is 17.0 Å². The molecule has 10 heavy (non-hydrogen) atoms. The molecule has 0 aliphatic heterocycles. The molecule has 0 aliphatic carbocycles. The summed E-state index contributed by atoms with van der Waals surface area (Å²) >= 11 is 1.67. The predicted molar refractivity (Wildman–Crippen MR) is 48.4 cm³/mol. The standard InChI is InChI=1S/C7H12OSSi/c1-6-4-5-9-7(6)10(2,3)8/h4-5,8H,1-3H3.